The van der Waals surface area contributed by atoms with Crippen molar-refractivity contribution < 1.29 is 33.7 Å². The van der Waals surface area contributed by atoms with E-state index in [1.165, 1.54) is 14.2 Å². The molecule has 2 fully saturated rings. The SMILES string of the molecule is COC(=O)C12CN(Cc3ccccc3)CC(C(=O)OC)(C(c3ccccn3)N(Cc3cccc(C(=O)OC(C)(C)C)n3)C1c1ccccn1)C2O. The van der Waals surface area contributed by atoms with E-state index in [0.717, 1.165) is 5.56 Å². The average Bonchev–Trinajstić information content (AvgIpc) is 3.12. The summed E-state index contributed by atoms with van der Waals surface area (Å²) < 4.78 is 16.7. The highest BCUT2D eigenvalue weighted by Crippen LogP contribution is 2.63. The zero-order valence-corrected chi connectivity index (χ0v) is 29.4. The van der Waals surface area contributed by atoms with Crippen molar-refractivity contribution in [1.82, 2.24) is 24.8 Å². The summed E-state index contributed by atoms with van der Waals surface area (Å²) >= 11 is 0. The summed E-state index contributed by atoms with van der Waals surface area (Å²) in [4.78, 5) is 60.4. The Morgan fingerprint density at radius 1 is 0.765 bits per heavy atom. The highest BCUT2D eigenvalue weighted by Gasteiger charge is 2.75. The number of piperidine rings is 2. The number of carbonyl (C=O) groups excluding carboxylic acids is 3. The van der Waals surface area contributed by atoms with E-state index >= 15 is 0 Å². The number of pyridine rings is 3. The van der Waals surface area contributed by atoms with Gasteiger partial charge in [-0.15, -0.1) is 0 Å². The third-order valence-electron chi connectivity index (χ3n) is 9.66. The van der Waals surface area contributed by atoms with E-state index in [1.807, 2.05) is 52.3 Å². The number of likely N-dealkylation sites (tertiary alicyclic amines) is 2. The average molecular weight is 694 g/mol. The van der Waals surface area contributed by atoms with Crippen LogP contribution in [-0.4, -0.2) is 86.8 Å². The first-order chi connectivity index (χ1) is 24.4. The normalized spacial score (nSPS) is 25.1. The molecule has 0 radical (unpaired) electrons. The Hall–Kier alpha value is -5.04. The van der Waals surface area contributed by atoms with Crippen LogP contribution in [0.3, 0.4) is 0 Å². The van der Waals surface area contributed by atoms with Crippen molar-refractivity contribution >= 4 is 17.9 Å². The number of methoxy groups -OCH3 is 2. The van der Waals surface area contributed by atoms with Gasteiger partial charge in [0.05, 0.1) is 49.5 Å². The van der Waals surface area contributed by atoms with Gasteiger partial charge in [0.1, 0.15) is 22.1 Å². The third kappa shape index (κ3) is 6.62. The van der Waals surface area contributed by atoms with E-state index in [9.17, 15) is 19.5 Å². The van der Waals surface area contributed by atoms with Gasteiger partial charge in [0.15, 0.2) is 0 Å². The Morgan fingerprint density at radius 2 is 1.31 bits per heavy atom. The maximum absolute atomic E-state index is 14.6. The van der Waals surface area contributed by atoms with Gasteiger partial charge >= 0.3 is 17.9 Å². The first-order valence-corrected chi connectivity index (χ1v) is 16.8. The minimum atomic E-state index is -1.77. The molecule has 1 N–H and O–H groups in total. The Kier molecular flexibility index (Phi) is 10.0. The number of rotatable bonds is 9. The Bertz CT molecular complexity index is 1780. The number of carbonyl (C=O) groups is 3. The van der Waals surface area contributed by atoms with Crippen LogP contribution < -0.4 is 0 Å². The van der Waals surface area contributed by atoms with Crippen LogP contribution >= 0.6 is 0 Å². The molecule has 3 aromatic heterocycles. The molecule has 4 unspecified atom stereocenters. The van der Waals surface area contributed by atoms with Crippen molar-refractivity contribution in [1.29, 1.82) is 0 Å². The van der Waals surface area contributed by atoms with Gasteiger partial charge in [0.2, 0.25) is 0 Å². The molecule has 2 bridgehead atoms. The molecular formula is C39H43N5O7. The van der Waals surface area contributed by atoms with Crippen LogP contribution in [-0.2, 0) is 36.9 Å². The number of aliphatic hydroxyl groups is 1. The van der Waals surface area contributed by atoms with Crippen molar-refractivity contribution in [3.8, 4) is 0 Å². The summed E-state index contributed by atoms with van der Waals surface area (Å²) in [5.41, 5.74) is -1.84. The molecule has 12 nitrogen and oxygen atoms in total. The van der Waals surface area contributed by atoms with Gasteiger partial charge in [-0.2, -0.15) is 0 Å². The van der Waals surface area contributed by atoms with Crippen LogP contribution in [0.1, 0.15) is 66.0 Å². The van der Waals surface area contributed by atoms with Crippen molar-refractivity contribution in [2.24, 2.45) is 10.8 Å². The van der Waals surface area contributed by atoms with Crippen molar-refractivity contribution in [2.45, 2.75) is 57.6 Å². The van der Waals surface area contributed by atoms with Crippen molar-refractivity contribution in [2.75, 3.05) is 27.3 Å². The summed E-state index contributed by atoms with van der Waals surface area (Å²) in [6.45, 7) is 5.76. The standard InChI is InChI=1S/C39H43N5O7/c1-37(2,3)51-33(45)30-19-13-16-27(42-30)23-44-31(28-17-9-11-20-40-28)38(35(47)49-4)24-43(22-26-14-7-6-8-15-26)25-39(34(38)46,36(48)50-5)32(44)29-18-10-12-21-41-29/h6-21,31-32,34,46H,22-25H2,1-5H3. The number of aromatic nitrogens is 3. The summed E-state index contributed by atoms with van der Waals surface area (Å²) in [6, 6.07) is 23.5. The quantitative estimate of drug-likeness (QED) is 0.197. The van der Waals surface area contributed by atoms with Crippen LogP contribution in [0.15, 0.2) is 97.3 Å². The molecule has 0 saturated carbocycles. The molecule has 2 aliphatic heterocycles. The topological polar surface area (TPSA) is 144 Å². The predicted octanol–water partition coefficient (Wildman–Crippen LogP) is 4.32. The Labute approximate surface area is 297 Å². The van der Waals surface area contributed by atoms with Gasteiger partial charge in [-0.3, -0.25) is 29.4 Å². The maximum atomic E-state index is 14.6. The molecule has 1 aromatic carbocycles. The minimum absolute atomic E-state index is 0.0159. The number of hydrogen-bond acceptors (Lipinski definition) is 12. The van der Waals surface area contributed by atoms with E-state index in [1.54, 1.807) is 75.6 Å². The van der Waals surface area contributed by atoms with Crippen molar-refractivity contribution in [3.63, 3.8) is 0 Å². The van der Waals surface area contributed by atoms with Gasteiger partial charge in [0, 0.05) is 38.6 Å². The molecule has 5 heterocycles. The molecule has 0 amide bonds. The zero-order chi connectivity index (χ0) is 36.4. The molecule has 4 atom stereocenters. The van der Waals surface area contributed by atoms with Crippen LogP contribution in [0.4, 0.5) is 0 Å². The largest absolute Gasteiger partial charge is 0.468 e. The van der Waals surface area contributed by atoms with Crippen LogP contribution in [0.25, 0.3) is 0 Å². The summed E-state index contributed by atoms with van der Waals surface area (Å²) in [5.74, 6) is -2.01. The lowest BCUT2D eigenvalue weighted by Gasteiger charge is -2.65. The second-order valence-corrected chi connectivity index (χ2v) is 14.1. The summed E-state index contributed by atoms with van der Waals surface area (Å²) in [6.07, 6.45) is 1.64. The molecule has 4 aromatic rings. The molecule has 0 spiro atoms. The number of nitrogens with zero attached hydrogens (tertiary/aromatic N) is 5. The lowest BCUT2D eigenvalue weighted by Crippen LogP contribution is -2.77. The highest BCUT2D eigenvalue weighted by molar-refractivity contribution is 5.88. The fourth-order valence-electron chi connectivity index (χ4n) is 7.87. The van der Waals surface area contributed by atoms with Gasteiger partial charge in [-0.05, 0) is 62.7 Å². The first kappa shape index (κ1) is 35.8. The van der Waals surface area contributed by atoms with Gasteiger partial charge in [-0.1, -0.05) is 48.5 Å². The monoisotopic (exact) mass is 693 g/mol. The zero-order valence-electron chi connectivity index (χ0n) is 29.4. The third-order valence-corrected chi connectivity index (χ3v) is 9.66. The fourth-order valence-corrected chi connectivity index (χ4v) is 7.87. The van der Waals surface area contributed by atoms with Gasteiger partial charge in [0.25, 0.3) is 0 Å². The van der Waals surface area contributed by atoms with Crippen LogP contribution in [0.5, 0.6) is 0 Å². The van der Waals surface area contributed by atoms with E-state index < -0.39 is 52.5 Å². The molecular weight excluding hydrogens is 650 g/mol. The lowest BCUT2D eigenvalue weighted by molar-refractivity contribution is -0.255. The number of fused-ring (bicyclic) bond motifs is 2. The predicted molar refractivity (Wildman–Crippen MR) is 186 cm³/mol. The maximum Gasteiger partial charge on any atom is 0.357 e. The Balaban J connectivity index is 1.62. The molecule has 6 rings (SSSR count). The van der Waals surface area contributed by atoms with Crippen LogP contribution in [0.2, 0.25) is 0 Å². The number of aliphatic hydroxyl groups excluding tert-OH is 1. The second kappa shape index (κ2) is 14.3. The van der Waals surface area contributed by atoms with Crippen LogP contribution in [0, 0.1) is 10.8 Å². The van der Waals surface area contributed by atoms with E-state index in [0.29, 0.717) is 23.6 Å². The second-order valence-electron chi connectivity index (χ2n) is 14.1. The first-order valence-electron chi connectivity index (χ1n) is 16.8. The minimum Gasteiger partial charge on any atom is -0.468 e. The molecule has 266 valence electrons. The Morgan fingerprint density at radius 3 is 1.80 bits per heavy atom. The van der Waals surface area contributed by atoms with E-state index in [4.69, 9.17) is 29.2 Å². The molecule has 2 aliphatic rings. The molecule has 51 heavy (non-hydrogen) atoms. The fraction of sp³-hybridized carbons (Fsp3) is 0.385. The smallest absolute Gasteiger partial charge is 0.357 e. The van der Waals surface area contributed by atoms with Gasteiger partial charge in [-0.25, -0.2) is 9.78 Å². The van der Waals surface area contributed by atoms with E-state index in [2.05, 4.69) is 0 Å². The molecule has 2 saturated heterocycles. The van der Waals surface area contributed by atoms with Crippen molar-refractivity contribution in [3.05, 3.63) is 126 Å². The van der Waals surface area contributed by atoms with Gasteiger partial charge < -0.3 is 19.3 Å². The highest BCUT2D eigenvalue weighted by atomic mass is 16.6. The lowest BCUT2D eigenvalue weighted by atomic mass is 9.53. The molecule has 12 heteroatoms. The summed E-state index contributed by atoms with van der Waals surface area (Å²) in [7, 11) is 2.55. The van der Waals surface area contributed by atoms with E-state index in [-0.39, 0.29) is 25.3 Å². The number of ether oxygens (including phenoxy) is 3. The number of benzene rings is 1. The number of esters is 3. The molecule has 0 aliphatic carbocycles. The summed E-state index contributed by atoms with van der Waals surface area (Å²) in [5, 5.41) is 12.9. The number of hydrogen-bond donors (Lipinski definition) is 1.